The standard InChI is InChI=1S/C13H8N2O2S2/c16-11-8-10(12(17)9-4-2-1-3-5-9)19-15(11)13-14-6-7-18-13/h1-8H. The fraction of sp³-hybridized carbons (Fsp3) is 0. The maximum atomic E-state index is 12.2. The fourth-order valence-corrected chi connectivity index (χ4v) is 3.24. The van der Waals surface area contributed by atoms with Crippen molar-refractivity contribution in [2.45, 2.75) is 0 Å². The van der Waals surface area contributed by atoms with Gasteiger partial charge in [-0.25, -0.2) is 8.94 Å². The molecule has 6 heteroatoms. The fourth-order valence-electron chi connectivity index (χ4n) is 1.63. The Bertz CT molecular complexity index is 758. The Morgan fingerprint density at radius 3 is 2.68 bits per heavy atom. The van der Waals surface area contributed by atoms with Crippen LogP contribution in [0.5, 0.6) is 0 Å². The van der Waals surface area contributed by atoms with Crippen molar-refractivity contribution in [1.29, 1.82) is 0 Å². The van der Waals surface area contributed by atoms with Crippen LogP contribution < -0.4 is 5.56 Å². The molecule has 0 radical (unpaired) electrons. The molecule has 2 heterocycles. The van der Waals surface area contributed by atoms with Crippen molar-refractivity contribution < 1.29 is 4.79 Å². The minimum atomic E-state index is -0.223. The van der Waals surface area contributed by atoms with Crippen LogP contribution in [0.2, 0.25) is 0 Å². The second kappa shape index (κ2) is 4.91. The monoisotopic (exact) mass is 288 g/mol. The van der Waals surface area contributed by atoms with Crippen molar-refractivity contribution in [2.75, 3.05) is 0 Å². The third-order valence-electron chi connectivity index (χ3n) is 2.50. The molecule has 0 unspecified atom stereocenters. The summed E-state index contributed by atoms with van der Waals surface area (Å²) in [6.45, 7) is 0. The zero-order chi connectivity index (χ0) is 13.2. The lowest BCUT2D eigenvalue weighted by molar-refractivity contribution is 0.104. The van der Waals surface area contributed by atoms with Gasteiger partial charge in [-0.2, -0.15) is 0 Å². The summed E-state index contributed by atoms with van der Waals surface area (Å²) in [5, 5.41) is 2.38. The smallest absolute Gasteiger partial charge is 0.268 e. The largest absolute Gasteiger partial charge is 0.288 e. The minimum absolute atomic E-state index is 0.141. The van der Waals surface area contributed by atoms with E-state index in [1.54, 1.807) is 35.8 Å². The molecule has 0 aliphatic heterocycles. The van der Waals surface area contributed by atoms with Crippen LogP contribution in [0.1, 0.15) is 15.2 Å². The van der Waals surface area contributed by atoms with Crippen molar-refractivity contribution in [3.8, 4) is 5.13 Å². The predicted molar refractivity (Wildman–Crippen MR) is 75.5 cm³/mol. The number of rotatable bonds is 3. The molecule has 0 atom stereocenters. The van der Waals surface area contributed by atoms with Gasteiger partial charge < -0.3 is 0 Å². The summed E-state index contributed by atoms with van der Waals surface area (Å²) in [4.78, 5) is 28.6. The number of aromatic nitrogens is 2. The average Bonchev–Trinajstić information content (AvgIpc) is 3.08. The Kier molecular flexibility index (Phi) is 3.10. The Balaban J connectivity index is 2.02. The topological polar surface area (TPSA) is 52.0 Å². The van der Waals surface area contributed by atoms with Gasteiger partial charge in [0, 0.05) is 23.2 Å². The van der Waals surface area contributed by atoms with Crippen molar-refractivity contribution in [3.63, 3.8) is 0 Å². The molecule has 0 amide bonds. The molecule has 0 N–H and O–H groups in total. The van der Waals surface area contributed by atoms with Crippen LogP contribution in [0.15, 0.2) is 52.8 Å². The van der Waals surface area contributed by atoms with E-state index in [1.807, 2.05) is 6.07 Å². The second-order valence-corrected chi connectivity index (χ2v) is 5.60. The number of benzene rings is 1. The average molecular weight is 288 g/mol. The maximum absolute atomic E-state index is 12.2. The number of carbonyl (C=O) groups is 1. The van der Waals surface area contributed by atoms with Gasteiger partial charge in [0.15, 0.2) is 0 Å². The predicted octanol–water partition coefficient (Wildman–Crippen LogP) is 2.59. The second-order valence-electron chi connectivity index (χ2n) is 3.74. The van der Waals surface area contributed by atoms with Gasteiger partial charge in [-0.1, -0.05) is 30.3 Å². The van der Waals surface area contributed by atoms with Gasteiger partial charge in [-0.05, 0) is 11.5 Å². The van der Waals surface area contributed by atoms with E-state index in [9.17, 15) is 9.59 Å². The first-order chi connectivity index (χ1) is 9.25. The molecule has 19 heavy (non-hydrogen) atoms. The first kappa shape index (κ1) is 12.0. The number of nitrogens with zero attached hydrogens (tertiary/aromatic N) is 2. The van der Waals surface area contributed by atoms with Gasteiger partial charge in [0.2, 0.25) is 10.9 Å². The molecular weight excluding hydrogens is 280 g/mol. The van der Waals surface area contributed by atoms with Crippen LogP contribution in [0.25, 0.3) is 5.13 Å². The van der Waals surface area contributed by atoms with E-state index >= 15 is 0 Å². The number of carbonyl (C=O) groups excluding carboxylic acids is 1. The lowest BCUT2D eigenvalue weighted by Gasteiger charge is -1.96. The quantitative estimate of drug-likeness (QED) is 0.696. The third-order valence-corrected chi connectivity index (χ3v) is 4.40. The maximum Gasteiger partial charge on any atom is 0.268 e. The summed E-state index contributed by atoms with van der Waals surface area (Å²) in [7, 11) is 0. The lowest BCUT2D eigenvalue weighted by atomic mass is 10.1. The summed E-state index contributed by atoms with van der Waals surface area (Å²) < 4.78 is 1.43. The zero-order valence-electron chi connectivity index (χ0n) is 9.65. The highest BCUT2D eigenvalue weighted by atomic mass is 32.1. The molecule has 1 aromatic carbocycles. The van der Waals surface area contributed by atoms with Crippen LogP contribution in [0.4, 0.5) is 0 Å². The molecule has 0 saturated carbocycles. The van der Waals surface area contributed by atoms with Gasteiger partial charge in [0.05, 0.1) is 4.88 Å². The van der Waals surface area contributed by atoms with Crippen LogP contribution >= 0.6 is 22.9 Å². The van der Waals surface area contributed by atoms with Gasteiger partial charge in [-0.3, -0.25) is 9.59 Å². The normalized spacial score (nSPS) is 10.5. The van der Waals surface area contributed by atoms with E-state index in [4.69, 9.17) is 0 Å². The Morgan fingerprint density at radius 2 is 2.00 bits per heavy atom. The highest BCUT2D eigenvalue weighted by Gasteiger charge is 2.15. The van der Waals surface area contributed by atoms with E-state index in [2.05, 4.69) is 4.98 Å². The molecule has 0 saturated heterocycles. The zero-order valence-corrected chi connectivity index (χ0v) is 11.3. The first-order valence-corrected chi connectivity index (χ1v) is 7.14. The molecular formula is C13H8N2O2S2. The summed E-state index contributed by atoms with van der Waals surface area (Å²) in [5.74, 6) is -0.141. The number of hydrogen-bond acceptors (Lipinski definition) is 5. The first-order valence-electron chi connectivity index (χ1n) is 5.49. The molecule has 4 nitrogen and oxygen atoms in total. The van der Waals surface area contributed by atoms with Crippen molar-refractivity contribution >= 4 is 28.7 Å². The Hall–Kier alpha value is -2.05. The van der Waals surface area contributed by atoms with Crippen LogP contribution in [-0.2, 0) is 0 Å². The summed E-state index contributed by atoms with van der Waals surface area (Å²) >= 11 is 2.48. The van der Waals surface area contributed by atoms with E-state index in [0.29, 0.717) is 15.6 Å². The molecule has 2 aromatic heterocycles. The Labute approximate surface area is 116 Å². The number of thiazole rings is 1. The van der Waals surface area contributed by atoms with Crippen molar-refractivity contribution in [3.05, 3.63) is 68.8 Å². The van der Waals surface area contributed by atoms with Gasteiger partial charge in [-0.15, -0.1) is 11.3 Å². The molecule has 3 rings (SSSR count). The molecule has 0 aliphatic carbocycles. The SMILES string of the molecule is O=C(c1ccccc1)c1cc(=O)n(-c2nccs2)s1. The minimum Gasteiger partial charge on any atom is -0.288 e. The lowest BCUT2D eigenvalue weighted by Crippen LogP contribution is -2.08. The molecule has 94 valence electrons. The molecule has 0 aliphatic rings. The summed E-state index contributed by atoms with van der Waals surface area (Å²) in [5.41, 5.74) is 0.356. The van der Waals surface area contributed by atoms with Crippen LogP contribution in [0, 0.1) is 0 Å². The van der Waals surface area contributed by atoms with Crippen LogP contribution in [-0.4, -0.2) is 14.7 Å². The van der Waals surface area contributed by atoms with E-state index in [-0.39, 0.29) is 11.3 Å². The van der Waals surface area contributed by atoms with E-state index in [0.717, 1.165) is 11.5 Å². The summed E-state index contributed by atoms with van der Waals surface area (Å²) in [6.07, 6.45) is 1.63. The highest BCUT2D eigenvalue weighted by molar-refractivity contribution is 7.15. The summed E-state index contributed by atoms with van der Waals surface area (Å²) in [6, 6.07) is 10.3. The van der Waals surface area contributed by atoms with E-state index in [1.165, 1.54) is 21.4 Å². The molecule has 0 fully saturated rings. The van der Waals surface area contributed by atoms with Crippen molar-refractivity contribution in [2.24, 2.45) is 0 Å². The molecule has 0 spiro atoms. The third kappa shape index (κ3) is 2.27. The van der Waals surface area contributed by atoms with Crippen LogP contribution in [0.3, 0.4) is 0 Å². The highest BCUT2D eigenvalue weighted by Crippen LogP contribution is 2.17. The Morgan fingerprint density at radius 1 is 1.21 bits per heavy atom. The van der Waals surface area contributed by atoms with Gasteiger partial charge >= 0.3 is 0 Å². The molecule has 0 bridgehead atoms. The van der Waals surface area contributed by atoms with Crippen molar-refractivity contribution in [1.82, 2.24) is 8.94 Å². The molecule has 3 aromatic rings. The van der Waals surface area contributed by atoms with Gasteiger partial charge in [0.1, 0.15) is 0 Å². The van der Waals surface area contributed by atoms with E-state index < -0.39 is 0 Å². The number of ketones is 1. The number of hydrogen-bond donors (Lipinski definition) is 0. The van der Waals surface area contributed by atoms with Gasteiger partial charge in [0.25, 0.3) is 5.56 Å².